The minimum atomic E-state index is -0.353. The zero-order valence-electron chi connectivity index (χ0n) is 18.3. The molecule has 1 saturated heterocycles. The molecular weight excluding hydrogens is 499 g/mol. The highest BCUT2D eigenvalue weighted by atomic mass is 35.5. The number of carbonyl (C=O) groups excluding carboxylic acids is 1. The predicted octanol–water partition coefficient (Wildman–Crippen LogP) is 5.43. The molecule has 0 saturated carbocycles. The number of halogens is 2. The number of thiazole rings is 1. The van der Waals surface area contributed by atoms with Crippen molar-refractivity contribution in [2.75, 3.05) is 19.7 Å². The van der Waals surface area contributed by atoms with E-state index < -0.39 is 0 Å². The molecule has 1 atom stereocenters. The second kappa shape index (κ2) is 9.58. The Balaban J connectivity index is 1.51. The number of carbonyl (C=O) groups is 1. The first-order valence-corrected chi connectivity index (χ1v) is 12.5. The van der Waals surface area contributed by atoms with Crippen LogP contribution in [0.25, 0.3) is 16.5 Å². The number of benzene rings is 1. The van der Waals surface area contributed by atoms with Crippen molar-refractivity contribution in [2.45, 2.75) is 25.8 Å². The molecule has 1 fully saturated rings. The van der Waals surface area contributed by atoms with Crippen molar-refractivity contribution >= 4 is 45.5 Å². The Labute approximate surface area is 209 Å². The van der Waals surface area contributed by atoms with Crippen LogP contribution >= 0.6 is 34.5 Å². The number of rotatable bonds is 6. The fourth-order valence-electron chi connectivity index (χ4n) is 4.32. The van der Waals surface area contributed by atoms with Crippen molar-refractivity contribution in [2.24, 2.45) is 5.92 Å². The number of likely N-dealkylation sites (tertiary alicyclic amines) is 1. The molecule has 0 unspecified atom stereocenters. The Hall–Kier alpha value is -2.59. The fourth-order valence-corrected chi connectivity index (χ4v) is 5.94. The van der Waals surface area contributed by atoms with Gasteiger partial charge in [-0.2, -0.15) is 9.50 Å². The zero-order valence-corrected chi connectivity index (χ0v) is 20.6. The van der Waals surface area contributed by atoms with E-state index in [1.165, 1.54) is 15.9 Å². The number of piperidine rings is 1. The van der Waals surface area contributed by atoms with E-state index in [9.17, 15) is 9.90 Å². The third-order valence-electron chi connectivity index (χ3n) is 5.96. The molecular formula is C23H22Cl2N4O4S. The summed E-state index contributed by atoms with van der Waals surface area (Å²) in [5.41, 5.74) is 0.812. The largest absolute Gasteiger partial charge is 0.492 e. The van der Waals surface area contributed by atoms with E-state index in [4.69, 9.17) is 32.4 Å². The normalized spacial score (nSPS) is 16.2. The number of ether oxygens (including phenoxy) is 1. The summed E-state index contributed by atoms with van der Waals surface area (Å²) in [6.45, 7) is 3.46. The number of esters is 1. The van der Waals surface area contributed by atoms with Crippen LogP contribution in [0, 0.1) is 5.92 Å². The van der Waals surface area contributed by atoms with Crippen molar-refractivity contribution in [3.05, 3.63) is 57.1 Å². The van der Waals surface area contributed by atoms with E-state index in [-0.39, 0.29) is 23.8 Å². The molecule has 1 N–H and O–H groups in total. The molecule has 178 valence electrons. The van der Waals surface area contributed by atoms with Gasteiger partial charge in [0.2, 0.25) is 16.7 Å². The summed E-state index contributed by atoms with van der Waals surface area (Å²) in [6.07, 6.45) is 2.86. The van der Waals surface area contributed by atoms with Gasteiger partial charge in [-0.3, -0.25) is 9.69 Å². The lowest BCUT2D eigenvalue weighted by molar-refractivity contribution is -0.149. The molecule has 1 aromatic carbocycles. The number of aromatic nitrogens is 3. The average molecular weight is 521 g/mol. The molecule has 0 bridgehead atoms. The van der Waals surface area contributed by atoms with E-state index in [1.54, 1.807) is 30.5 Å². The van der Waals surface area contributed by atoms with Crippen molar-refractivity contribution in [3.8, 4) is 17.5 Å². The standard InChI is InChI=1S/C23H22Cl2N4O4S/c1-2-32-22(31)13-7-9-28(10-8-13)18(15-6-5-14(24)12-16(15)25)19-21(30)29-23(34-19)26-20(27-29)17-4-3-11-33-17/h3-6,11-13,18,30H,2,7-10H2,1H3/t18-/m0/s1. The highest BCUT2D eigenvalue weighted by Gasteiger charge is 2.35. The second-order valence-corrected chi connectivity index (χ2v) is 9.88. The average Bonchev–Trinajstić information content (AvgIpc) is 3.55. The van der Waals surface area contributed by atoms with Crippen LogP contribution < -0.4 is 0 Å². The van der Waals surface area contributed by atoms with Crippen molar-refractivity contribution in [3.63, 3.8) is 0 Å². The Kier molecular flexibility index (Phi) is 6.52. The lowest BCUT2D eigenvalue weighted by atomic mass is 9.93. The van der Waals surface area contributed by atoms with Gasteiger partial charge >= 0.3 is 5.97 Å². The number of hydrogen-bond donors (Lipinski definition) is 1. The Morgan fingerprint density at radius 2 is 2.12 bits per heavy atom. The van der Waals surface area contributed by atoms with E-state index in [0.29, 0.717) is 64.0 Å². The molecule has 4 aromatic rings. The van der Waals surface area contributed by atoms with E-state index in [2.05, 4.69) is 15.0 Å². The molecule has 8 nitrogen and oxygen atoms in total. The smallest absolute Gasteiger partial charge is 0.309 e. The Morgan fingerprint density at radius 1 is 1.32 bits per heavy atom. The molecule has 1 aliphatic rings. The maximum Gasteiger partial charge on any atom is 0.309 e. The number of furan rings is 1. The number of fused-ring (bicyclic) bond motifs is 1. The molecule has 5 rings (SSSR count). The van der Waals surface area contributed by atoms with Crippen LogP contribution in [-0.4, -0.2) is 50.3 Å². The van der Waals surface area contributed by atoms with Gasteiger partial charge in [-0.05, 0) is 62.7 Å². The number of hydrogen-bond acceptors (Lipinski definition) is 8. The molecule has 34 heavy (non-hydrogen) atoms. The zero-order chi connectivity index (χ0) is 23.8. The Bertz CT molecular complexity index is 1310. The van der Waals surface area contributed by atoms with Crippen molar-refractivity contribution in [1.29, 1.82) is 0 Å². The molecule has 0 spiro atoms. The minimum Gasteiger partial charge on any atom is -0.492 e. The highest BCUT2D eigenvalue weighted by molar-refractivity contribution is 7.17. The lowest BCUT2D eigenvalue weighted by Crippen LogP contribution is -2.39. The number of aromatic hydroxyl groups is 1. The van der Waals surface area contributed by atoms with Gasteiger partial charge in [-0.25, -0.2) is 0 Å². The fraction of sp³-hybridized carbons (Fsp3) is 0.348. The van der Waals surface area contributed by atoms with Gasteiger partial charge in [-0.1, -0.05) is 40.6 Å². The van der Waals surface area contributed by atoms with E-state index >= 15 is 0 Å². The van der Waals surface area contributed by atoms with Gasteiger partial charge in [-0.15, -0.1) is 5.10 Å². The SMILES string of the molecule is CCOC(=O)C1CCN([C@@H](c2ccc(Cl)cc2Cl)c2sc3nc(-c4ccco4)nn3c2O)CC1. The van der Waals surface area contributed by atoms with Crippen LogP contribution in [0.1, 0.15) is 36.2 Å². The molecule has 0 radical (unpaired) electrons. The summed E-state index contributed by atoms with van der Waals surface area (Å²) >= 11 is 14.1. The second-order valence-electron chi connectivity index (χ2n) is 8.03. The van der Waals surface area contributed by atoms with Gasteiger partial charge in [0.05, 0.1) is 29.7 Å². The maximum absolute atomic E-state index is 12.2. The van der Waals surface area contributed by atoms with Gasteiger partial charge < -0.3 is 14.3 Å². The number of nitrogens with zero attached hydrogens (tertiary/aromatic N) is 4. The van der Waals surface area contributed by atoms with Crippen LogP contribution in [-0.2, 0) is 9.53 Å². The van der Waals surface area contributed by atoms with Crippen molar-refractivity contribution < 1.29 is 19.1 Å². The first-order chi connectivity index (χ1) is 16.5. The van der Waals surface area contributed by atoms with Crippen LogP contribution in [0.3, 0.4) is 0 Å². The van der Waals surface area contributed by atoms with Crippen LogP contribution in [0.2, 0.25) is 10.0 Å². The third kappa shape index (κ3) is 4.29. The first-order valence-electron chi connectivity index (χ1n) is 10.9. The van der Waals surface area contributed by atoms with E-state index in [1.807, 2.05) is 13.0 Å². The lowest BCUT2D eigenvalue weighted by Gasteiger charge is -2.37. The van der Waals surface area contributed by atoms with Gasteiger partial charge in [0.25, 0.3) is 0 Å². The molecule has 0 amide bonds. The summed E-state index contributed by atoms with van der Waals surface area (Å²) in [5, 5.41) is 16.6. The summed E-state index contributed by atoms with van der Waals surface area (Å²) < 4.78 is 12.0. The van der Waals surface area contributed by atoms with Crippen LogP contribution in [0.5, 0.6) is 5.88 Å². The molecule has 3 aromatic heterocycles. The monoisotopic (exact) mass is 520 g/mol. The third-order valence-corrected chi connectivity index (χ3v) is 7.60. The predicted molar refractivity (Wildman–Crippen MR) is 129 cm³/mol. The topological polar surface area (TPSA) is 93.1 Å². The minimum absolute atomic E-state index is 0.00570. The molecule has 1 aliphatic heterocycles. The van der Waals surface area contributed by atoms with Crippen LogP contribution in [0.15, 0.2) is 41.0 Å². The van der Waals surface area contributed by atoms with Gasteiger partial charge in [0, 0.05) is 10.0 Å². The Morgan fingerprint density at radius 3 is 2.76 bits per heavy atom. The summed E-state index contributed by atoms with van der Waals surface area (Å²) in [6, 6.07) is 8.52. The summed E-state index contributed by atoms with van der Waals surface area (Å²) in [4.78, 5) is 20.2. The maximum atomic E-state index is 12.2. The molecule has 11 heteroatoms. The molecule has 0 aliphatic carbocycles. The summed E-state index contributed by atoms with van der Waals surface area (Å²) in [5.74, 6) is 0.623. The summed E-state index contributed by atoms with van der Waals surface area (Å²) in [7, 11) is 0. The highest BCUT2D eigenvalue weighted by Crippen LogP contribution is 2.44. The molecule has 4 heterocycles. The van der Waals surface area contributed by atoms with Gasteiger partial charge in [0.1, 0.15) is 0 Å². The first kappa shape index (κ1) is 23.2. The quantitative estimate of drug-likeness (QED) is 0.339. The van der Waals surface area contributed by atoms with Crippen molar-refractivity contribution in [1.82, 2.24) is 19.5 Å². The van der Waals surface area contributed by atoms with E-state index in [0.717, 1.165) is 5.56 Å². The van der Waals surface area contributed by atoms with Crippen LogP contribution in [0.4, 0.5) is 0 Å². The van der Waals surface area contributed by atoms with Gasteiger partial charge in [0.15, 0.2) is 5.76 Å².